The number of nitrogens with one attached hydrogen (secondary N) is 1. The molecule has 2 aromatic rings. The van der Waals surface area contributed by atoms with Crippen LogP contribution in [0.2, 0.25) is 0 Å². The molecule has 0 aliphatic heterocycles. The Hall–Kier alpha value is -2.12. The van der Waals surface area contributed by atoms with E-state index < -0.39 is 11.7 Å². The number of amides is 1. The summed E-state index contributed by atoms with van der Waals surface area (Å²) in [6.07, 6.45) is 3.53. The summed E-state index contributed by atoms with van der Waals surface area (Å²) < 4.78 is 11.0. The van der Waals surface area contributed by atoms with Crippen molar-refractivity contribution in [3.63, 3.8) is 0 Å². The van der Waals surface area contributed by atoms with Crippen molar-refractivity contribution in [2.24, 2.45) is 0 Å². The number of hydrogen-bond acceptors (Lipinski definition) is 6. The first-order valence-corrected chi connectivity index (χ1v) is 10.3. The number of carbonyl (C=O) groups excluding carboxylic acids is 1. The topological polar surface area (TPSA) is 63.7 Å². The first-order valence-electron chi connectivity index (χ1n) is 9.52. The van der Waals surface area contributed by atoms with Crippen LogP contribution in [-0.2, 0) is 11.3 Å². The lowest BCUT2D eigenvalue weighted by Crippen LogP contribution is -2.31. The Morgan fingerprint density at radius 3 is 2.54 bits per heavy atom. The molecule has 0 spiro atoms. The molecule has 0 saturated heterocycles. The van der Waals surface area contributed by atoms with Crippen molar-refractivity contribution in [1.29, 1.82) is 0 Å². The Bertz CT molecular complexity index is 736. The van der Waals surface area contributed by atoms with Gasteiger partial charge in [-0.3, -0.25) is 0 Å². The normalized spacial score (nSPS) is 11.5. The van der Waals surface area contributed by atoms with Gasteiger partial charge in [-0.1, -0.05) is 0 Å². The van der Waals surface area contributed by atoms with Crippen molar-refractivity contribution < 1.29 is 14.3 Å². The lowest BCUT2D eigenvalue weighted by molar-refractivity contribution is 0.0524. The first-order chi connectivity index (χ1) is 13.2. The number of unbranched alkanes of at least 4 members (excludes halogenated alkanes) is 1. The zero-order chi connectivity index (χ0) is 20.6. The molecule has 0 radical (unpaired) electrons. The van der Waals surface area contributed by atoms with Crippen LogP contribution in [-0.4, -0.2) is 48.8 Å². The summed E-state index contributed by atoms with van der Waals surface area (Å²) in [6, 6.07) is 7.97. The van der Waals surface area contributed by atoms with Gasteiger partial charge >= 0.3 is 6.09 Å². The average molecular weight is 406 g/mol. The van der Waals surface area contributed by atoms with E-state index in [1.165, 1.54) is 0 Å². The molecular formula is C21H31N3O3S. The third kappa shape index (κ3) is 8.27. The van der Waals surface area contributed by atoms with Gasteiger partial charge in [0.05, 0.1) is 13.2 Å². The molecule has 0 atom stereocenters. The molecular weight excluding hydrogens is 374 g/mol. The number of aromatic nitrogens is 1. The fourth-order valence-corrected chi connectivity index (χ4v) is 3.27. The van der Waals surface area contributed by atoms with Crippen LogP contribution in [0, 0.1) is 0 Å². The molecule has 7 heteroatoms. The number of benzene rings is 1. The van der Waals surface area contributed by atoms with Gasteiger partial charge in [0, 0.05) is 16.6 Å². The fourth-order valence-electron chi connectivity index (χ4n) is 2.41. The minimum absolute atomic E-state index is 0.403. The van der Waals surface area contributed by atoms with E-state index in [0.717, 1.165) is 47.2 Å². The maximum atomic E-state index is 11.7. The van der Waals surface area contributed by atoms with Gasteiger partial charge < -0.3 is 19.7 Å². The van der Waals surface area contributed by atoms with Gasteiger partial charge in [0.15, 0.2) is 0 Å². The number of ether oxygens (including phenoxy) is 2. The zero-order valence-electron chi connectivity index (χ0n) is 17.4. The van der Waals surface area contributed by atoms with E-state index in [-0.39, 0.29) is 0 Å². The second kappa shape index (κ2) is 10.4. The molecule has 6 nitrogen and oxygen atoms in total. The molecule has 0 saturated carbocycles. The third-order valence-corrected chi connectivity index (χ3v) is 4.78. The number of carbonyl (C=O) groups is 1. The summed E-state index contributed by atoms with van der Waals surface area (Å²) in [6.45, 7) is 7.74. The van der Waals surface area contributed by atoms with Crippen LogP contribution >= 0.6 is 11.3 Å². The Morgan fingerprint density at radius 1 is 1.18 bits per heavy atom. The minimum atomic E-state index is -0.501. The number of rotatable bonds is 9. The average Bonchev–Trinajstić information content (AvgIpc) is 3.07. The third-order valence-electron chi connectivity index (χ3n) is 3.73. The van der Waals surface area contributed by atoms with Crippen LogP contribution in [0.25, 0.3) is 10.6 Å². The van der Waals surface area contributed by atoms with E-state index in [0.29, 0.717) is 6.54 Å². The molecule has 1 aromatic carbocycles. The summed E-state index contributed by atoms with van der Waals surface area (Å²) in [5, 5.41) is 3.67. The maximum absolute atomic E-state index is 11.7. The van der Waals surface area contributed by atoms with Crippen LogP contribution in [0.4, 0.5) is 4.79 Å². The van der Waals surface area contributed by atoms with Gasteiger partial charge in [-0.2, -0.15) is 0 Å². The molecule has 1 amide bonds. The Balaban J connectivity index is 1.80. The van der Waals surface area contributed by atoms with E-state index >= 15 is 0 Å². The van der Waals surface area contributed by atoms with Crippen molar-refractivity contribution in [2.75, 3.05) is 27.2 Å². The maximum Gasteiger partial charge on any atom is 0.407 e. The van der Waals surface area contributed by atoms with Crippen molar-refractivity contribution in [1.82, 2.24) is 15.2 Å². The summed E-state index contributed by atoms with van der Waals surface area (Å²) in [5.74, 6) is 0.872. The van der Waals surface area contributed by atoms with E-state index in [4.69, 9.17) is 9.47 Å². The molecule has 2 rings (SSSR count). The first kappa shape index (κ1) is 22.2. The highest BCUT2D eigenvalue weighted by atomic mass is 32.1. The smallest absolute Gasteiger partial charge is 0.407 e. The van der Waals surface area contributed by atoms with Gasteiger partial charge in [-0.25, -0.2) is 9.78 Å². The summed E-state index contributed by atoms with van der Waals surface area (Å²) in [7, 11) is 4.16. The monoisotopic (exact) mass is 405 g/mol. The van der Waals surface area contributed by atoms with E-state index in [9.17, 15) is 4.79 Å². The van der Waals surface area contributed by atoms with Crippen LogP contribution in [0.15, 0.2) is 30.5 Å². The molecule has 0 aliphatic rings. The fraction of sp³-hybridized carbons (Fsp3) is 0.524. The molecule has 1 N–H and O–H groups in total. The predicted molar refractivity (Wildman–Crippen MR) is 114 cm³/mol. The lowest BCUT2D eigenvalue weighted by Gasteiger charge is -2.19. The summed E-state index contributed by atoms with van der Waals surface area (Å²) >= 11 is 1.55. The van der Waals surface area contributed by atoms with Crippen molar-refractivity contribution in [2.45, 2.75) is 45.8 Å². The Morgan fingerprint density at radius 2 is 1.89 bits per heavy atom. The van der Waals surface area contributed by atoms with E-state index in [1.807, 2.05) is 45.0 Å². The molecule has 0 fully saturated rings. The SMILES string of the molecule is CN(C)CCCCOc1ccc(-c2ncc(CNC(=O)OC(C)(C)C)s2)cc1. The summed E-state index contributed by atoms with van der Waals surface area (Å²) in [4.78, 5) is 19.3. The van der Waals surface area contributed by atoms with Crippen molar-refractivity contribution in [3.8, 4) is 16.3 Å². The highest BCUT2D eigenvalue weighted by Gasteiger charge is 2.16. The van der Waals surface area contributed by atoms with Gasteiger partial charge in [-0.15, -0.1) is 11.3 Å². The Kier molecular flexibility index (Phi) is 8.26. The molecule has 1 heterocycles. The molecule has 28 heavy (non-hydrogen) atoms. The molecule has 0 bridgehead atoms. The number of hydrogen-bond donors (Lipinski definition) is 1. The standard InChI is InChI=1S/C21H31N3O3S/c1-21(2,3)27-20(25)23-15-18-14-22-19(28-18)16-8-10-17(11-9-16)26-13-7-6-12-24(4)5/h8-11,14H,6-7,12-13,15H2,1-5H3,(H,23,25). The van der Waals surface area contributed by atoms with Gasteiger partial charge in [0.2, 0.25) is 0 Å². The van der Waals surface area contributed by atoms with Crippen molar-refractivity contribution >= 4 is 17.4 Å². The number of nitrogens with zero attached hydrogens (tertiary/aromatic N) is 2. The second-order valence-corrected chi connectivity index (χ2v) is 8.99. The molecule has 154 valence electrons. The van der Waals surface area contributed by atoms with Crippen molar-refractivity contribution in [3.05, 3.63) is 35.3 Å². The van der Waals surface area contributed by atoms with E-state index in [2.05, 4.69) is 29.3 Å². The minimum Gasteiger partial charge on any atom is -0.494 e. The molecule has 0 unspecified atom stereocenters. The predicted octanol–water partition coefficient (Wildman–Crippen LogP) is 4.56. The van der Waals surface area contributed by atoms with Gasteiger partial charge in [-0.05, 0) is 78.5 Å². The van der Waals surface area contributed by atoms with Gasteiger partial charge in [0.25, 0.3) is 0 Å². The largest absolute Gasteiger partial charge is 0.494 e. The molecule has 1 aromatic heterocycles. The highest BCUT2D eigenvalue weighted by Crippen LogP contribution is 2.27. The highest BCUT2D eigenvalue weighted by molar-refractivity contribution is 7.15. The summed E-state index contributed by atoms with van der Waals surface area (Å²) in [5.41, 5.74) is 0.535. The molecule has 0 aliphatic carbocycles. The van der Waals surface area contributed by atoms with Crippen LogP contribution in [0.1, 0.15) is 38.5 Å². The van der Waals surface area contributed by atoms with E-state index in [1.54, 1.807) is 17.5 Å². The lowest BCUT2D eigenvalue weighted by atomic mass is 10.2. The zero-order valence-corrected chi connectivity index (χ0v) is 18.3. The van der Waals surface area contributed by atoms with Crippen LogP contribution < -0.4 is 10.1 Å². The Labute approximate surface area is 171 Å². The number of thiazole rings is 1. The van der Waals surface area contributed by atoms with Gasteiger partial charge in [0.1, 0.15) is 16.4 Å². The second-order valence-electron chi connectivity index (χ2n) is 7.87. The quantitative estimate of drug-likeness (QED) is 0.620. The van der Waals surface area contributed by atoms with Crippen LogP contribution in [0.5, 0.6) is 5.75 Å². The number of alkyl carbamates (subject to hydrolysis) is 1. The van der Waals surface area contributed by atoms with Crippen LogP contribution in [0.3, 0.4) is 0 Å².